The molecule has 1 aliphatic rings. The summed E-state index contributed by atoms with van der Waals surface area (Å²) in [5, 5.41) is 6.12. The lowest BCUT2D eigenvalue weighted by molar-refractivity contribution is -0.113. The molecular formula is C23H28Cl2N4O2. The van der Waals surface area contributed by atoms with Crippen molar-refractivity contribution in [2.45, 2.75) is 39.2 Å². The number of carbonyl (C=O) groups is 2. The summed E-state index contributed by atoms with van der Waals surface area (Å²) in [6.07, 6.45) is 6.38. The van der Waals surface area contributed by atoms with Crippen molar-refractivity contribution in [3.05, 3.63) is 64.8 Å². The molecule has 0 unspecified atom stereocenters. The van der Waals surface area contributed by atoms with E-state index in [0.29, 0.717) is 34.6 Å². The van der Waals surface area contributed by atoms with Gasteiger partial charge >= 0.3 is 0 Å². The Labute approximate surface area is 194 Å². The van der Waals surface area contributed by atoms with Gasteiger partial charge < -0.3 is 10.6 Å². The number of nitrogens with zero attached hydrogens (tertiary/aromatic N) is 2. The summed E-state index contributed by atoms with van der Waals surface area (Å²) < 4.78 is 0. The maximum absolute atomic E-state index is 12.8. The number of anilines is 2. The standard InChI is InChI=1S/C23H27ClN4O2.ClH/c1-3-18(4-2)28-13-11-16(12-14-28)22(29)26-20-8-6-5-7-19(20)23(30)27-21-10-9-17(24)15-25-21;/h5-11,15,18H,3-4,12-14H2,1-2H3,(H,26,29)(H,25,27,30);1H. The van der Waals surface area contributed by atoms with Crippen LogP contribution in [0.5, 0.6) is 0 Å². The average molecular weight is 463 g/mol. The van der Waals surface area contributed by atoms with Crippen LogP contribution in [0.15, 0.2) is 54.2 Å². The van der Waals surface area contributed by atoms with Gasteiger partial charge in [-0.25, -0.2) is 4.98 Å². The van der Waals surface area contributed by atoms with Gasteiger partial charge in [0.2, 0.25) is 0 Å². The van der Waals surface area contributed by atoms with E-state index < -0.39 is 0 Å². The lowest BCUT2D eigenvalue weighted by Gasteiger charge is -2.32. The molecule has 0 bridgehead atoms. The van der Waals surface area contributed by atoms with Crippen LogP contribution in [-0.4, -0.2) is 40.8 Å². The van der Waals surface area contributed by atoms with Crippen molar-refractivity contribution in [1.29, 1.82) is 0 Å². The molecule has 6 nitrogen and oxygen atoms in total. The molecule has 2 heterocycles. The Kier molecular flexibility index (Phi) is 9.49. The molecule has 166 valence electrons. The normalized spacial score (nSPS) is 13.9. The predicted octanol–water partition coefficient (Wildman–Crippen LogP) is 5.17. The van der Waals surface area contributed by atoms with E-state index in [0.717, 1.165) is 31.5 Å². The van der Waals surface area contributed by atoms with Crippen molar-refractivity contribution >= 4 is 47.3 Å². The predicted molar refractivity (Wildman–Crippen MR) is 128 cm³/mol. The fourth-order valence-corrected chi connectivity index (χ4v) is 3.77. The molecule has 0 saturated heterocycles. The van der Waals surface area contributed by atoms with Crippen LogP contribution in [0.3, 0.4) is 0 Å². The Balaban J connectivity index is 0.00000341. The van der Waals surface area contributed by atoms with Gasteiger partial charge in [0.05, 0.1) is 16.3 Å². The van der Waals surface area contributed by atoms with Crippen LogP contribution in [-0.2, 0) is 4.79 Å². The second-order valence-electron chi connectivity index (χ2n) is 7.26. The lowest BCUT2D eigenvalue weighted by atomic mass is 10.0. The van der Waals surface area contributed by atoms with E-state index in [4.69, 9.17) is 11.6 Å². The third-order valence-electron chi connectivity index (χ3n) is 5.38. The highest BCUT2D eigenvalue weighted by molar-refractivity contribution is 6.30. The first-order chi connectivity index (χ1) is 14.5. The number of hydrogen-bond acceptors (Lipinski definition) is 4. The van der Waals surface area contributed by atoms with Gasteiger partial charge in [0.25, 0.3) is 11.8 Å². The van der Waals surface area contributed by atoms with E-state index in [-0.39, 0.29) is 24.2 Å². The van der Waals surface area contributed by atoms with E-state index in [1.54, 1.807) is 36.4 Å². The van der Waals surface area contributed by atoms with Gasteiger partial charge in [0.1, 0.15) is 5.82 Å². The lowest BCUT2D eigenvalue weighted by Crippen LogP contribution is -2.39. The van der Waals surface area contributed by atoms with Crippen LogP contribution >= 0.6 is 24.0 Å². The summed E-state index contributed by atoms with van der Waals surface area (Å²) in [6.45, 7) is 6.04. The zero-order valence-electron chi connectivity index (χ0n) is 17.7. The van der Waals surface area contributed by atoms with Crippen LogP contribution in [0.25, 0.3) is 0 Å². The number of rotatable bonds is 7. The molecule has 0 aliphatic carbocycles. The topological polar surface area (TPSA) is 74.3 Å². The molecule has 0 spiro atoms. The third kappa shape index (κ3) is 6.53. The van der Waals surface area contributed by atoms with Gasteiger partial charge in [-0.3, -0.25) is 14.5 Å². The number of nitrogens with one attached hydrogen (secondary N) is 2. The number of pyridine rings is 1. The fourth-order valence-electron chi connectivity index (χ4n) is 3.65. The molecule has 2 aromatic rings. The Hall–Kier alpha value is -2.41. The van der Waals surface area contributed by atoms with Crippen molar-refractivity contribution in [1.82, 2.24) is 9.88 Å². The maximum Gasteiger partial charge on any atom is 0.258 e. The minimum absolute atomic E-state index is 0. The minimum atomic E-state index is -0.349. The molecule has 8 heteroatoms. The molecule has 1 aromatic heterocycles. The first kappa shape index (κ1) is 24.9. The summed E-state index contributed by atoms with van der Waals surface area (Å²) in [6, 6.07) is 10.8. The molecule has 0 atom stereocenters. The molecule has 31 heavy (non-hydrogen) atoms. The molecular weight excluding hydrogens is 435 g/mol. The quantitative estimate of drug-likeness (QED) is 0.594. The van der Waals surface area contributed by atoms with Crippen LogP contribution in [0.4, 0.5) is 11.5 Å². The number of aromatic nitrogens is 1. The third-order valence-corrected chi connectivity index (χ3v) is 5.60. The Morgan fingerprint density at radius 1 is 1.10 bits per heavy atom. The number of hydrogen-bond donors (Lipinski definition) is 2. The Morgan fingerprint density at radius 3 is 2.45 bits per heavy atom. The van der Waals surface area contributed by atoms with Gasteiger partial charge in [0, 0.05) is 30.9 Å². The summed E-state index contributed by atoms with van der Waals surface area (Å²) in [7, 11) is 0. The van der Waals surface area contributed by atoms with Gasteiger partial charge in [0.15, 0.2) is 0 Å². The van der Waals surface area contributed by atoms with Crippen LogP contribution in [0.2, 0.25) is 5.02 Å². The molecule has 2 amide bonds. The van der Waals surface area contributed by atoms with Crippen molar-refractivity contribution < 1.29 is 9.59 Å². The fraction of sp³-hybridized carbons (Fsp3) is 0.348. The largest absolute Gasteiger partial charge is 0.322 e. The molecule has 0 radical (unpaired) electrons. The van der Waals surface area contributed by atoms with E-state index in [9.17, 15) is 9.59 Å². The minimum Gasteiger partial charge on any atom is -0.322 e. The summed E-state index contributed by atoms with van der Waals surface area (Å²) in [5.41, 5.74) is 1.60. The van der Waals surface area contributed by atoms with Crippen LogP contribution in [0.1, 0.15) is 43.5 Å². The molecule has 1 aromatic carbocycles. The average Bonchev–Trinajstić information content (AvgIpc) is 2.77. The van der Waals surface area contributed by atoms with Gasteiger partial charge in [-0.15, -0.1) is 12.4 Å². The van der Waals surface area contributed by atoms with E-state index in [1.165, 1.54) is 6.20 Å². The summed E-state index contributed by atoms with van der Waals surface area (Å²) >= 11 is 5.83. The zero-order chi connectivity index (χ0) is 21.5. The highest BCUT2D eigenvalue weighted by Gasteiger charge is 2.22. The first-order valence-electron chi connectivity index (χ1n) is 10.3. The summed E-state index contributed by atoms with van der Waals surface area (Å²) in [5.74, 6) is -0.121. The van der Waals surface area contributed by atoms with Crippen molar-refractivity contribution in [3.63, 3.8) is 0 Å². The highest BCUT2D eigenvalue weighted by atomic mass is 35.5. The van der Waals surface area contributed by atoms with Gasteiger partial charge in [-0.2, -0.15) is 0 Å². The van der Waals surface area contributed by atoms with Crippen molar-refractivity contribution in [3.8, 4) is 0 Å². The molecule has 2 N–H and O–H groups in total. The van der Waals surface area contributed by atoms with Crippen molar-refractivity contribution in [2.24, 2.45) is 0 Å². The summed E-state index contributed by atoms with van der Waals surface area (Å²) in [4.78, 5) is 32.0. The number of benzene rings is 1. The highest BCUT2D eigenvalue weighted by Crippen LogP contribution is 2.21. The SMILES string of the molecule is CCC(CC)N1CC=C(C(=O)Nc2ccccc2C(=O)Nc2ccc(Cl)cn2)CC1.Cl. The second-order valence-corrected chi connectivity index (χ2v) is 7.70. The van der Waals surface area contributed by atoms with Gasteiger partial charge in [-0.1, -0.05) is 43.7 Å². The Morgan fingerprint density at radius 2 is 1.84 bits per heavy atom. The van der Waals surface area contributed by atoms with E-state index in [1.807, 2.05) is 6.08 Å². The number of amides is 2. The number of carbonyl (C=O) groups excluding carboxylic acids is 2. The molecule has 0 saturated carbocycles. The smallest absolute Gasteiger partial charge is 0.258 e. The zero-order valence-corrected chi connectivity index (χ0v) is 19.3. The Bertz CT molecular complexity index is 927. The number of para-hydroxylation sites is 1. The molecule has 0 fully saturated rings. The van der Waals surface area contributed by atoms with E-state index in [2.05, 4.69) is 34.4 Å². The van der Waals surface area contributed by atoms with Crippen LogP contribution in [0, 0.1) is 0 Å². The first-order valence-corrected chi connectivity index (χ1v) is 10.7. The van der Waals surface area contributed by atoms with Crippen molar-refractivity contribution in [2.75, 3.05) is 23.7 Å². The van der Waals surface area contributed by atoms with Gasteiger partial charge in [-0.05, 0) is 43.5 Å². The van der Waals surface area contributed by atoms with Crippen LogP contribution < -0.4 is 10.6 Å². The maximum atomic E-state index is 12.8. The second kappa shape index (κ2) is 11.8. The van der Waals surface area contributed by atoms with E-state index >= 15 is 0 Å². The molecule has 1 aliphatic heterocycles. The molecule has 3 rings (SSSR count). The monoisotopic (exact) mass is 462 g/mol. The number of halogens is 2.